The summed E-state index contributed by atoms with van der Waals surface area (Å²) >= 11 is 0. The lowest BCUT2D eigenvalue weighted by Crippen LogP contribution is -2.25. The van der Waals surface area contributed by atoms with Gasteiger partial charge in [0.15, 0.2) is 0 Å². The summed E-state index contributed by atoms with van der Waals surface area (Å²) in [7, 11) is 0. The summed E-state index contributed by atoms with van der Waals surface area (Å²) in [6.07, 6.45) is 4.20. The van der Waals surface area contributed by atoms with Crippen molar-refractivity contribution >= 4 is 23.0 Å². The Hall–Kier alpha value is -4.90. The molecular formula is C36H38F2N6. The van der Waals surface area contributed by atoms with E-state index in [1.54, 1.807) is 35.4 Å². The Morgan fingerprint density at radius 2 is 1.66 bits per heavy atom. The third kappa shape index (κ3) is 7.35. The number of halogens is 2. The van der Waals surface area contributed by atoms with Crippen molar-refractivity contribution in [3.05, 3.63) is 113 Å². The highest BCUT2D eigenvalue weighted by Crippen LogP contribution is 2.33. The lowest BCUT2D eigenvalue weighted by molar-refractivity contribution is 0.515. The van der Waals surface area contributed by atoms with E-state index < -0.39 is 11.9 Å². The van der Waals surface area contributed by atoms with Crippen LogP contribution in [0.25, 0.3) is 11.3 Å². The number of nitriles is 1. The molecule has 1 atom stereocenters. The molecule has 0 aliphatic rings. The van der Waals surface area contributed by atoms with Crippen LogP contribution in [0.5, 0.6) is 0 Å². The van der Waals surface area contributed by atoms with Crippen LogP contribution in [0.3, 0.4) is 0 Å². The fraction of sp³-hybridized carbons (Fsp3) is 0.278. The highest BCUT2D eigenvalue weighted by Gasteiger charge is 2.20. The fourth-order valence-corrected chi connectivity index (χ4v) is 4.83. The molecule has 2 aromatic heterocycles. The number of amidine groups is 1. The second-order valence-electron chi connectivity index (χ2n) is 11.4. The Labute approximate surface area is 258 Å². The van der Waals surface area contributed by atoms with Gasteiger partial charge in [-0.3, -0.25) is 10.3 Å². The molecule has 0 radical (unpaired) electrons. The van der Waals surface area contributed by atoms with Gasteiger partial charge in [0.25, 0.3) is 0 Å². The predicted octanol–water partition coefficient (Wildman–Crippen LogP) is 9.79. The second kappa shape index (κ2) is 14.0. The number of hydrogen-bond acceptors (Lipinski definition) is 5. The molecule has 1 unspecified atom stereocenters. The van der Waals surface area contributed by atoms with E-state index in [9.17, 15) is 14.0 Å². The van der Waals surface area contributed by atoms with Gasteiger partial charge in [-0.15, -0.1) is 0 Å². The summed E-state index contributed by atoms with van der Waals surface area (Å²) in [5.41, 5.74) is 5.64. The molecule has 4 aromatic rings. The van der Waals surface area contributed by atoms with Crippen molar-refractivity contribution in [2.45, 2.75) is 65.7 Å². The summed E-state index contributed by atoms with van der Waals surface area (Å²) in [5.74, 6) is -0.616. The van der Waals surface area contributed by atoms with Crippen molar-refractivity contribution in [1.82, 2.24) is 9.97 Å². The van der Waals surface area contributed by atoms with Gasteiger partial charge >= 0.3 is 0 Å². The maximum Gasteiger partial charge on any atom is 0.224 e. The van der Waals surface area contributed by atoms with Crippen LogP contribution in [0.15, 0.2) is 79.0 Å². The van der Waals surface area contributed by atoms with E-state index in [2.05, 4.69) is 64.0 Å². The zero-order chi connectivity index (χ0) is 32.0. The molecule has 2 N–H and O–H groups in total. The fourth-order valence-electron chi connectivity index (χ4n) is 4.83. The maximum atomic E-state index is 14.6. The lowest BCUT2D eigenvalue weighted by Gasteiger charge is -2.26. The van der Waals surface area contributed by atoms with E-state index in [0.717, 1.165) is 40.6 Å². The minimum Gasteiger partial charge on any atom is -0.362 e. The van der Waals surface area contributed by atoms with Crippen LogP contribution < -0.4 is 10.2 Å². The van der Waals surface area contributed by atoms with Crippen LogP contribution in [0.4, 0.5) is 26.0 Å². The molecule has 0 amide bonds. The molecule has 0 aliphatic carbocycles. The number of benzene rings is 2. The Bertz CT molecular complexity index is 1690. The Kier molecular flexibility index (Phi) is 10.2. The monoisotopic (exact) mass is 592 g/mol. The van der Waals surface area contributed by atoms with Gasteiger partial charge in [0.1, 0.15) is 11.7 Å². The zero-order valence-corrected chi connectivity index (χ0v) is 26.0. The molecule has 0 bridgehead atoms. The van der Waals surface area contributed by atoms with Crippen molar-refractivity contribution in [3.8, 4) is 17.3 Å². The van der Waals surface area contributed by atoms with Crippen molar-refractivity contribution in [2.75, 3.05) is 10.2 Å². The predicted molar refractivity (Wildman–Crippen MR) is 174 cm³/mol. The molecule has 226 valence electrons. The molecule has 0 aliphatic heterocycles. The SMILES string of the molecule is CCC(C)c1ccc(N/C=C\C(=N)N(c2cc(C(C)C)cc(C(C)C)c2)c2cccc(-c3ccc(F)nc3F)n2)cc1C#N. The number of rotatable bonds is 10. The van der Waals surface area contributed by atoms with E-state index in [-0.39, 0.29) is 34.8 Å². The van der Waals surface area contributed by atoms with Crippen molar-refractivity contribution < 1.29 is 8.78 Å². The van der Waals surface area contributed by atoms with Crippen LogP contribution in [-0.2, 0) is 0 Å². The highest BCUT2D eigenvalue weighted by atomic mass is 19.1. The van der Waals surface area contributed by atoms with Crippen LogP contribution in [0.1, 0.15) is 88.0 Å². The van der Waals surface area contributed by atoms with Gasteiger partial charge in [-0.25, -0.2) is 4.98 Å². The largest absolute Gasteiger partial charge is 0.362 e. The summed E-state index contributed by atoms with van der Waals surface area (Å²) in [4.78, 5) is 9.70. The minimum atomic E-state index is -0.958. The van der Waals surface area contributed by atoms with E-state index in [0.29, 0.717) is 11.4 Å². The summed E-state index contributed by atoms with van der Waals surface area (Å²) in [6.45, 7) is 12.7. The Morgan fingerprint density at radius 3 is 2.27 bits per heavy atom. The Balaban J connectivity index is 1.76. The summed E-state index contributed by atoms with van der Waals surface area (Å²) in [6, 6.07) is 21.7. The first kappa shape index (κ1) is 32.0. The molecule has 44 heavy (non-hydrogen) atoms. The van der Waals surface area contributed by atoms with Gasteiger partial charge in [0, 0.05) is 17.6 Å². The van der Waals surface area contributed by atoms with Crippen LogP contribution >= 0.6 is 0 Å². The molecule has 4 rings (SSSR count). The van der Waals surface area contributed by atoms with Gasteiger partial charge in [-0.1, -0.05) is 59.7 Å². The molecule has 0 saturated heterocycles. The average molecular weight is 593 g/mol. The molecule has 6 nitrogen and oxygen atoms in total. The third-order valence-corrected chi connectivity index (χ3v) is 7.66. The van der Waals surface area contributed by atoms with E-state index in [4.69, 9.17) is 10.4 Å². The third-order valence-electron chi connectivity index (χ3n) is 7.66. The lowest BCUT2D eigenvalue weighted by atomic mass is 9.94. The Morgan fingerprint density at radius 1 is 0.955 bits per heavy atom. The normalized spacial score (nSPS) is 12.0. The summed E-state index contributed by atoms with van der Waals surface area (Å²) in [5, 5.41) is 22.0. The standard InChI is InChI=1S/C36H38F2N6/c1-7-24(6)30-12-11-28(18-27(30)21-39)41-16-15-34(40)44(29-19-25(22(2)3)17-26(20-29)23(4)5)35-10-8-9-32(42-35)31-13-14-33(37)43-36(31)38/h8-20,22-24,40-41H,7H2,1-6H3/b16-15-,40-34?. The molecule has 0 saturated carbocycles. The first-order valence-electron chi connectivity index (χ1n) is 14.8. The van der Waals surface area contributed by atoms with E-state index in [1.807, 2.05) is 30.3 Å². The van der Waals surface area contributed by atoms with E-state index in [1.165, 1.54) is 6.07 Å². The molecule has 8 heteroatoms. The average Bonchev–Trinajstić information content (AvgIpc) is 3.00. The number of hydrogen-bond donors (Lipinski definition) is 2. The van der Waals surface area contributed by atoms with Crippen molar-refractivity contribution in [1.29, 1.82) is 10.7 Å². The minimum absolute atomic E-state index is 0.0601. The number of aromatic nitrogens is 2. The first-order valence-corrected chi connectivity index (χ1v) is 14.8. The van der Waals surface area contributed by atoms with Crippen LogP contribution in [-0.4, -0.2) is 15.8 Å². The maximum absolute atomic E-state index is 14.6. The zero-order valence-electron chi connectivity index (χ0n) is 26.0. The van der Waals surface area contributed by atoms with Gasteiger partial charge in [0.05, 0.1) is 22.9 Å². The quantitative estimate of drug-likeness (QED) is 0.109. The molecule has 2 aromatic carbocycles. The number of pyridine rings is 2. The second-order valence-corrected chi connectivity index (χ2v) is 11.4. The van der Waals surface area contributed by atoms with Gasteiger partial charge in [0.2, 0.25) is 11.9 Å². The van der Waals surface area contributed by atoms with Crippen LogP contribution in [0, 0.1) is 28.6 Å². The van der Waals surface area contributed by atoms with Gasteiger partial charge < -0.3 is 5.32 Å². The van der Waals surface area contributed by atoms with Gasteiger partial charge in [-0.05, 0) is 95.5 Å². The van der Waals surface area contributed by atoms with Crippen molar-refractivity contribution in [3.63, 3.8) is 0 Å². The molecule has 0 fully saturated rings. The van der Waals surface area contributed by atoms with Crippen LogP contribution in [0.2, 0.25) is 0 Å². The first-order chi connectivity index (χ1) is 21.0. The van der Waals surface area contributed by atoms with E-state index >= 15 is 0 Å². The molecular weight excluding hydrogens is 554 g/mol. The van der Waals surface area contributed by atoms with Crippen molar-refractivity contribution in [2.24, 2.45) is 0 Å². The highest BCUT2D eigenvalue weighted by molar-refractivity contribution is 6.08. The topological polar surface area (TPSA) is 88.7 Å². The smallest absolute Gasteiger partial charge is 0.224 e. The number of nitrogens with zero attached hydrogens (tertiary/aromatic N) is 4. The number of anilines is 3. The summed E-state index contributed by atoms with van der Waals surface area (Å²) < 4.78 is 28.1. The molecule has 0 spiro atoms. The number of nitrogens with one attached hydrogen (secondary N) is 2. The van der Waals surface area contributed by atoms with Gasteiger partial charge in [-0.2, -0.15) is 19.0 Å². The molecule has 2 heterocycles.